The molecule has 6 nitrogen and oxygen atoms in total. The van der Waals surface area contributed by atoms with Crippen LogP contribution in [0.5, 0.6) is 0 Å². The van der Waals surface area contributed by atoms with Gasteiger partial charge in [0.05, 0.1) is 11.9 Å². The van der Waals surface area contributed by atoms with E-state index < -0.39 is 11.7 Å². The Morgan fingerprint density at radius 3 is 2.71 bits per heavy atom. The molecule has 8 heteroatoms. The molecular formula is C13H10BrFN4O2. The van der Waals surface area contributed by atoms with Crippen molar-refractivity contribution in [2.75, 3.05) is 5.32 Å². The summed E-state index contributed by atoms with van der Waals surface area (Å²) in [6.45, 7) is 0. The van der Waals surface area contributed by atoms with E-state index in [-0.39, 0.29) is 11.5 Å². The zero-order valence-electron chi connectivity index (χ0n) is 10.5. The van der Waals surface area contributed by atoms with Gasteiger partial charge in [0.25, 0.3) is 5.91 Å². The van der Waals surface area contributed by atoms with Crippen LogP contribution >= 0.6 is 15.9 Å². The van der Waals surface area contributed by atoms with Gasteiger partial charge in [-0.3, -0.25) is 4.79 Å². The summed E-state index contributed by atoms with van der Waals surface area (Å²) in [5, 5.41) is 14.1. The average molecular weight is 353 g/mol. The summed E-state index contributed by atoms with van der Waals surface area (Å²) in [6.07, 6.45) is 0.964. The molecule has 108 valence electrons. The highest BCUT2D eigenvalue weighted by atomic mass is 79.9. The monoisotopic (exact) mass is 352 g/mol. The maximum Gasteiger partial charge on any atom is 0.274 e. The number of anilines is 1. The van der Waals surface area contributed by atoms with E-state index in [1.165, 1.54) is 6.07 Å². The highest BCUT2D eigenvalue weighted by molar-refractivity contribution is 9.10. The molecule has 1 aromatic heterocycles. The van der Waals surface area contributed by atoms with Gasteiger partial charge in [0.2, 0.25) is 0 Å². The van der Waals surface area contributed by atoms with E-state index in [0.29, 0.717) is 15.7 Å². The fraction of sp³-hybridized carbons (Fsp3) is 0. The van der Waals surface area contributed by atoms with E-state index in [0.717, 1.165) is 12.3 Å². The van der Waals surface area contributed by atoms with Gasteiger partial charge in [0, 0.05) is 10.0 Å². The van der Waals surface area contributed by atoms with Crippen LogP contribution in [0.2, 0.25) is 0 Å². The van der Waals surface area contributed by atoms with E-state index >= 15 is 0 Å². The van der Waals surface area contributed by atoms with E-state index in [4.69, 9.17) is 10.9 Å². The molecule has 0 saturated carbocycles. The number of nitrogens with zero attached hydrogens (tertiary/aromatic N) is 2. The lowest BCUT2D eigenvalue weighted by molar-refractivity contribution is 0.102. The molecule has 0 unspecified atom stereocenters. The first-order valence-corrected chi connectivity index (χ1v) is 6.51. The highest BCUT2D eigenvalue weighted by Crippen LogP contribution is 2.24. The first-order valence-electron chi connectivity index (χ1n) is 5.71. The zero-order valence-corrected chi connectivity index (χ0v) is 12.1. The van der Waals surface area contributed by atoms with Crippen molar-refractivity contribution in [3.63, 3.8) is 0 Å². The highest BCUT2D eigenvalue weighted by Gasteiger charge is 2.11. The Balaban J connectivity index is 2.20. The minimum absolute atomic E-state index is 0.0474. The van der Waals surface area contributed by atoms with Gasteiger partial charge in [-0.25, -0.2) is 9.37 Å². The van der Waals surface area contributed by atoms with E-state index in [2.05, 4.69) is 31.4 Å². The van der Waals surface area contributed by atoms with Crippen LogP contribution in [0, 0.1) is 5.82 Å². The van der Waals surface area contributed by atoms with Gasteiger partial charge >= 0.3 is 0 Å². The van der Waals surface area contributed by atoms with Crippen LogP contribution in [0.4, 0.5) is 10.1 Å². The number of benzene rings is 1. The van der Waals surface area contributed by atoms with Crippen LogP contribution in [0.1, 0.15) is 16.1 Å². The Labute approximate surface area is 127 Å². The fourth-order valence-corrected chi connectivity index (χ4v) is 2.01. The molecule has 0 aliphatic rings. The molecule has 0 atom stereocenters. The average Bonchev–Trinajstić information content (AvgIpc) is 2.49. The van der Waals surface area contributed by atoms with Gasteiger partial charge in [-0.1, -0.05) is 5.16 Å². The Bertz CT molecular complexity index is 704. The molecule has 0 fully saturated rings. The molecule has 1 aromatic carbocycles. The molecule has 0 aliphatic heterocycles. The first kappa shape index (κ1) is 14.9. The summed E-state index contributed by atoms with van der Waals surface area (Å²) < 4.78 is 13.3. The van der Waals surface area contributed by atoms with Crippen molar-refractivity contribution in [1.82, 2.24) is 4.98 Å². The molecule has 0 radical (unpaired) electrons. The number of hydrogen-bond acceptors (Lipinski definition) is 4. The summed E-state index contributed by atoms with van der Waals surface area (Å²) in [5.41, 5.74) is 6.51. The third-order valence-corrected chi connectivity index (χ3v) is 3.24. The number of amides is 1. The van der Waals surface area contributed by atoms with E-state index in [9.17, 15) is 9.18 Å². The number of hydrogen-bond donors (Lipinski definition) is 3. The minimum atomic E-state index is -0.518. The van der Waals surface area contributed by atoms with Crippen LogP contribution in [-0.4, -0.2) is 21.9 Å². The number of carbonyl (C=O) groups is 1. The van der Waals surface area contributed by atoms with Crippen molar-refractivity contribution in [2.24, 2.45) is 10.9 Å². The summed E-state index contributed by atoms with van der Waals surface area (Å²) in [5.74, 6) is -1.04. The normalized spacial score (nSPS) is 11.2. The summed E-state index contributed by atoms with van der Waals surface area (Å²) in [4.78, 5) is 15.6. The quantitative estimate of drug-likeness (QED) is 0.341. The topological polar surface area (TPSA) is 101 Å². The lowest BCUT2D eigenvalue weighted by Gasteiger charge is -2.08. The maximum atomic E-state index is 12.7. The fourth-order valence-electron chi connectivity index (χ4n) is 1.53. The van der Waals surface area contributed by atoms with Gasteiger partial charge < -0.3 is 16.3 Å². The first-order chi connectivity index (χ1) is 10.0. The maximum absolute atomic E-state index is 12.7. The van der Waals surface area contributed by atoms with Crippen LogP contribution < -0.4 is 11.1 Å². The second kappa shape index (κ2) is 6.31. The minimum Gasteiger partial charge on any atom is -0.409 e. The number of aromatic nitrogens is 1. The standard InChI is InChI=1S/C13H10BrFN4O2/c14-9-5-7(12(16)19-21)1-3-10(9)18-13(20)11-4-2-8(15)6-17-11/h1-6,21H,(H2,16,19)(H,18,20). The molecule has 2 rings (SSSR count). The lowest BCUT2D eigenvalue weighted by atomic mass is 10.2. The molecule has 1 heterocycles. The molecule has 0 saturated heterocycles. The zero-order chi connectivity index (χ0) is 15.4. The summed E-state index contributed by atoms with van der Waals surface area (Å²) >= 11 is 3.27. The van der Waals surface area contributed by atoms with Gasteiger partial charge in [-0.05, 0) is 46.3 Å². The van der Waals surface area contributed by atoms with Gasteiger partial charge in [-0.15, -0.1) is 0 Å². The van der Waals surface area contributed by atoms with E-state index in [1.807, 2.05) is 0 Å². The Hall–Kier alpha value is -2.48. The number of carbonyl (C=O) groups excluding carboxylic acids is 1. The van der Waals surface area contributed by atoms with E-state index in [1.54, 1.807) is 18.2 Å². The molecule has 4 N–H and O–H groups in total. The molecule has 0 aliphatic carbocycles. The molecule has 0 spiro atoms. The second-order valence-corrected chi connectivity index (χ2v) is 4.85. The van der Waals surface area contributed by atoms with Crippen molar-refractivity contribution < 1.29 is 14.4 Å². The molecule has 0 bridgehead atoms. The van der Waals surface area contributed by atoms with Crippen molar-refractivity contribution in [3.8, 4) is 0 Å². The van der Waals surface area contributed by atoms with Crippen LogP contribution in [0.15, 0.2) is 46.2 Å². The number of pyridine rings is 1. The summed E-state index contributed by atoms with van der Waals surface area (Å²) in [6, 6.07) is 7.18. The third-order valence-electron chi connectivity index (χ3n) is 2.58. The molecule has 2 aromatic rings. The van der Waals surface area contributed by atoms with Gasteiger partial charge in [0.15, 0.2) is 5.84 Å². The largest absolute Gasteiger partial charge is 0.409 e. The Kier molecular flexibility index (Phi) is 4.49. The number of nitrogens with one attached hydrogen (secondary N) is 1. The Morgan fingerprint density at radius 1 is 1.38 bits per heavy atom. The number of oxime groups is 1. The number of amidine groups is 1. The third kappa shape index (κ3) is 3.54. The Morgan fingerprint density at radius 2 is 2.14 bits per heavy atom. The van der Waals surface area contributed by atoms with Crippen molar-refractivity contribution in [2.45, 2.75) is 0 Å². The smallest absolute Gasteiger partial charge is 0.274 e. The second-order valence-electron chi connectivity index (χ2n) is 4.00. The lowest BCUT2D eigenvalue weighted by Crippen LogP contribution is -2.15. The molecular weight excluding hydrogens is 343 g/mol. The van der Waals surface area contributed by atoms with Crippen molar-refractivity contribution in [1.29, 1.82) is 0 Å². The molecule has 1 amide bonds. The predicted octanol–water partition coefficient (Wildman–Crippen LogP) is 2.33. The van der Waals surface area contributed by atoms with Crippen LogP contribution in [0.25, 0.3) is 0 Å². The van der Waals surface area contributed by atoms with Crippen LogP contribution in [-0.2, 0) is 0 Å². The van der Waals surface area contributed by atoms with Gasteiger partial charge in [-0.2, -0.15) is 0 Å². The number of nitrogens with two attached hydrogens (primary N) is 1. The van der Waals surface area contributed by atoms with Crippen molar-refractivity contribution in [3.05, 3.63) is 58.1 Å². The van der Waals surface area contributed by atoms with Gasteiger partial charge in [0.1, 0.15) is 11.5 Å². The number of rotatable bonds is 3. The number of halogens is 2. The SMILES string of the molecule is N/C(=N/O)c1ccc(NC(=O)c2ccc(F)cn2)c(Br)c1. The molecule has 21 heavy (non-hydrogen) atoms. The predicted molar refractivity (Wildman–Crippen MR) is 78.8 cm³/mol. The van der Waals surface area contributed by atoms with Crippen molar-refractivity contribution >= 4 is 33.4 Å². The van der Waals surface area contributed by atoms with Crippen LogP contribution in [0.3, 0.4) is 0 Å². The summed E-state index contributed by atoms with van der Waals surface area (Å²) in [7, 11) is 0.